The van der Waals surface area contributed by atoms with Crippen LogP contribution in [0.15, 0.2) is 17.9 Å². The molecule has 0 aromatic heterocycles. The van der Waals surface area contributed by atoms with Gasteiger partial charge < -0.3 is 14.9 Å². The van der Waals surface area contributed by atoms with Crippen LogP contribution in [0.1, 0.15) is 48.8 Å². The van der Waals surface area contributed by atoms with Gasteiger partial charge in [0, 0.05) is 18.9 Å². The van der Waals surface area contributed by atoms with Gasteiger partial charge in [-0.3, -0.25) is 4.79 Å². The van der Waals surface area contributed by atoms with Gasteiger partial charge in [0.1, 0.15) is 11.5 Å². The molecule has 0 radical (unpaired) electrons. The van der Waals surface area contributed by atoms with E-state index in [2.05, 4.69) is 0 Å². The standard InChI is InChI=1S/C19H24O4/c1-11-8-13(20)9-12(2)16(11)17-15(21)10-19(18(17)22)6-4-14(23-3)5-7-19/h8-9,14,20,22H,4-7,10H2,1-3H3. The van der Waals surface area contributed by atoms with Crippen LogP contribution in [0.5, 0.6) is 5.75 Å². The van der Waals surface area contributed by atoms with Crippen molar-refractivity contribution < 1.29 is 19.7 Å². The molecule has 1 aromatic carbocycles. The van der Waals surface area contributed by atoms with Crippen molar-refractivity contribution in [3.05, 3.63) is 34.6 Å². The lowest BCUT2D eigenvalue weighted by atomic mass is 9.71. The number of ketones is 1. The van der Waals surface area contributed by atoms with E-state index in [1.165, 1.54) is 0 Å². The Morgan fingerprint density at radius 1 is 1.13 bits per heavy atom. The van der Waals surface area contributed by atoms with E-state index >= 15 is 0 Å². The van der Waals surface area contributed by atoms with Crippen molar-refractivity contribution in [1.29, 1.82) is 0 Å². The molecule has 1 fully saturated rings. The number of allylic oxidation sites excluding steroid dienone is 2. The molecule has 0 saturated heterocycles. The Kier molecular flexibility index (Phi) is 3.96. The zero-order valence-corrected chi connectivity index (χ0v) is 14.0. The third kappa shape index (κ3) is 2.55. The first-order chi connectivity index (χ1) is 10.9. The number of rotatable bonds is 2. The largest absolute Gasteiger partial charge is 0.511 e. The maximum absolute atomic E-state index is 12.7. The Morgan fingerprint density at radius 3 is 2.22 bits per heavy atom. The minimum atomic E-state index is -0.418. The summed E-state index contributed by atoms with van der Waals surface area (Å²) in [5, 5.41) is 20.6. The molecule has 0 atom stereocenters. The highest BCUT2D eigenvalue weighted by molar-refractivity contribution is 6.24. The van der Waals surface area contributed by atoms with Crippen molar-refractivity contribution in [1.82, 2.24) is 0 Å². The van der Waals surface area contributed by atoms with E-state index < -0.39 is 5.41 Å². The number of hydrogen-bond acceptors (Lipinski definition) is 4. The van der Waals surface area contributed by atoms with E-state index in [1.807, 2.05) is 13.8 Å². The van der Waals surface area contributed by atoms with Crippen molar-refractivity contribution >= 4 is 11.4 Å². The summed E-state index contributed by atoms with van der Waals surface area (Å²) in [4.78, 5) is 12.7. The van der Waals surface area contributed by atoms with E-state index in [1.54, 1.807) is 19.2 Å². The van der Waals surface area contributed by atoms with Crippen molar-refractivity contribution in [2.75, 3.05) is 7.11 Å². The van der Waals surface area contributed by atoms with Crippen LogP contribution in [0.25, 0.3) is 5.57 Å². The fraction of sp³-hybridized carbons (Fsp3) is 0.526. The Labute approximate surface area is 136 Å². The minimum Gasteiger partial charge on any atom is -0.511 e. The van der Waals surface area contributed by atoms with Gasteiger partial charge in [0.05, 0.1) is 11.7 Å². The fourth-order valence-corrected chi connectivity index (χ4v) is 4.26. The summed E-state index contributed by atoms with van der Waals surface area (Å²) in [7, 11) is 1.72. The molecule has 0 aliphatic heterocycles. The monoisotopic (exact) mass is 316 g/mol. The molecule has 3 rings (SSSR count). The zero-order valence-electron chi connectivity index (χ0n) is 14.0. The van der Waals surface area contributed by atoms with Gasteiger partial charge in [-0.25, -0.2) is 0 Å². The first-order valence-electron chi connectivity index (χ1n) is 8.18. The SMILES string of the molecule is COC1CCC2(CC1)CC(=O)C(c1c(C)cc(O)cc1C)=C2O. The number of carbonyl (C=O) groups excluding carboxylic acids is 1. The van der Waals surface area contributed by atoms with Crippen LogP contribution in [0.3, 0.4) is 0 Å². The second-order valence-corrected chi connectivity index (χ2v) is 6.99. The van der Waals surface area contributed by atoms with E-state index in [0.29, 0.717) is 12.0 Å². The van der Waals surface area contributed by atoms with Gasteiger partial charge in [0.2, 0.25) is 0 Å². The summed E-state index contributed by atoms with van der Waals surface area (Å²) >= 11 is 0. The number of hydrogen-bond donors (Lipinski definition) is 2. The van der Waals surface area contributed by atoms with Crippen LogP contribution >= 0.6 is 0 Å². The smallest absolute Gasteiger partial charge is 0.167 e. The molecule has 1 spiro atoms. The summed E-state index contributed by atoms with van der Waals surface area (Å²) in [5.41, 5.74) is 2.45. The number of phenolic OH excluding ortho intramolecular Hbond substituents is 1. The average molecular weight is 316 g/mol. The third-order valence-corrected chi connectivity index (χ3v) is 5.51. The predicted molar refractivity (Wildman–Crippen MR) is 88.5 cm³/mol. The highest BCUT2D eigenvalue weighted by atomic mass is 16.5. The fourth-order valence-electron chi connectivity index (χ4n) is 4.26. The van der Waals surface area contributed by atoms with Gasteiger partial charge in [-0.2, -0.15) is 0 Å². The molecular formula is C19H24O4. The molecule has 1 saturated carbocycles. The molecular weight excluding hydrogens is 292 g/mol. The van der Waals surface area contributed by atoms with E-state index in [9.17, 15) is 15.0 Å². The molecule has 4 nitrogen and oxygen atoms in total. The lowest BCUT2D eigenvalue weighted by Gasteiger charge is -2.36. The van der Waals surface area contributed by atoms with Crippen LogP contribution in [0.2, 0.25) is 0 Å². The second-order valence-electron chi connectivity index (χ2n) is 6.99. The lowest BCUT2D eigenvalue weighted by molar-refractivity contribution is -0.115. The summed E-state index contributed by atoms with van der Waals surface area (Å²) in [6, 6.07) is 3.28. The predicted octanol–water partition coefficient (Wildman–Crippen LogP) is 3.83. The Bertz CT molecular complexity index is 656. The van der Waals surface area contributed by atoms with Gasteiger partial charge in [-0.15, -0.1) is 0 Å². The lowest BCUT2D eigenvalue weighted by Crippen LogP contribution is -2.31. The maximum Gasteiger partial charge on any atom is 0.167 e. The first kappa shape index (κ1) is 16.1. The number of benzene rings is 1. The van der Waals surface area contributed by atoms with Gasteiger partial charge in [-0.1, -0.05) is 0 Å². The van der Waals surface area contributed by atoms with Crippen LogP contribution in [-0.2, 0) is 9.53 Å². The van der Waals surface area contributed by atoms with Crippen molar-refractivity contribution in [3.8, 4) is 5.75 Å². The van der Waals surface area contributed by atoms with Crippen molar-refractivity contribution in [2.24, 2.45) is 5.41 Å². The summed E-state index contributed by atoms with van der Waals surface area (Å²) in [6.45, 7) is 3.73. The van der Waals surface area contributed by atoms with Crippen LogP contribution < -0.4 is 0 Å². The molecule has 0 unspecified atom stereocenters. The summed E-state index contributed by atoms with van der Waals surface area (Å²) < 4.78 is 5.41. The molecule has 2 aliphatic carbocycles. The number of aliphatic hydroxyl groups is 1. The molecule has 1 aromatic rings. The number of ether oxygens (including phenoxy) is 1. The molecule has 0 bridgehead atoms. The topological polar surface area (TPSA) is 66.8 Å². The summed E-state index contributed by atoms with van der Waals surface area (Å²) in [5.74, 6) is 0.439. The van der Waals surface area contributed by atoms with Gasteiger partial charge in [-0.05, 0) is 68.4 Å². The van der Waals surface area contributed by atoms with Gasteiger partial charge in [0.25, 0.3) is 0 Å². The zero-order chi connectivity index (χ0) is 16.8. The number of carbonyl (C=O) groups is 1. The van der Waals surface area contributed by atoms with Crippen molar-refractivity contribution in [3.63, 3.8) is 0 Å². The molecule has 4 heteroatoms. The maximum atomic E-state index is 12.7. The highest BCUT2D eigenvalue weighted by Gasteiger charge is 2.48. The quantitative estimate of drug-likeness (QED) is 0.870. The highest BCUT2D eigenvalue weighted by Crippen LogP contribution is 2.53. The Balaban J connectivity index is 2.04. The second kappa shape index (κ2) is 5.68. The average Bonchev–Trinajstić information content (AvgIpc) is 2.72. The van der Waals surface area contributed by atoms with Gasteiger partial charge in [0.15, 0.2) is 5.78 Å². The molecule has 0 heterocycles. The number of phenols is 1. The number of aromatic hydroxyl groups is 1. The molecule has 0 amide bonds. The normalized spacial score (nSPS) is 28.0. The van der Waals surface area contributed by atoms with E-state index in [0.717, 1.165) is 42.4 Å². The third-order valence-electron chi connectivity index (χ3n) is 5.51. The Morgan fingerprint density at radius 2 is 1.70 bits per heavy atom. The number of aliphatic hydroxyl groups excluding tert-OH is 1. The molecule has 2 aliphatic rings. The van der Waals surface area contributed by atoms with Crippen LogP contribution in [0.4, 0.5) is 0 Å². The van der Waals surface area contributed by atoms with Crippen molar-refractivity contribution in [2.45, 2.75) is 52.1 Å². The van der Waals surface area contributed by atoms with Crippen LogP contribution in [-0.4, -0.2) is 29.2 Å². The molecule has 2 N–H and O–H groups in total. The molecule has 23 heavy (non-hydrogen) atoms. The number of Topliss-reactive ketones (excluding diaryl/α,β-unsaturated/α-hetero) is 1. The van der Waals surface area contributed by atoms with Gasteiger partial charge >= 0.3 is 0 Å². The van der Waals surface area contributed by atoms with E-state index in [-0.39, 0.29) is 23.4 Å². The van der Waals surface area contributed by atoms with Crippen LogP contribution in [0, 0.1) is 19.3 Å². The molecule has 124 valence electrons. The Hall–Kier alpha value is -1.81. The number of aryl methyl sites for hydroxylation is 2. The summed E-state index contributed by atoms with van der Waals surface area (Å²) in [6.07, 6.45) is 3.91. The first-order valence-corrected chi connectivity index (χ1v) is 8.18. The minimum absolute atomic E-state index is 0.00950. The number of methoxy groups -OCH3 is 1. The van der Waals surface area contributed by atoms with E-state index in [4.69, 9.17) is 4.74 Å².